The average molecular weight is 300 g/mol. The normalized spacial score (nSPS) is 11.8. The third-order valence-corrected chi connectivity index (χ3v) is 5.13. The van der Waals surface area contributed by atoms with E-state index in [4.69, 9.17) is 4.74 Å². The number of ether oxygens (including phenoxy) is 1. The molecule has 0 aromatic carbocycles. The molecule has 0 radical (unpaired) electrons. The molecule has 6 heteroatoms. The first-order chi connectivity index (χ1) is 9.36. The van der Waals surface area contributed by atoms with Crippen LogP contribution in [0, 0.1) is 6.92 Å². The Morgan fingerprint density at radius 2 is 2.05 bits per heavy atom. The first-order valence-electron chi connectivity index (χ1n) is 6.88. The van der Waals surface area contributed by atoms with Gasteiger partial charge in [-0.3, -0.25) is 4.98 Å². The van der Waals surface area contributed by atoms with E-state index < -0.39 is 9.84 Å². The lowest BCUT2D eigenvalue weighted by Crippen LogP contribution is -2.22. The summed E-state index contributed by atoms with van der Waals surface area (Å²) in [7, 11) is -3.07. The summed E-state index contributed by atoms with van der Waals surface area (Å²) < 4.78 is 29.0. The third-order valence-electron chi connectivity index (χ3n) is 2.96. The van der Waals surface area contributed by atoms with Crippen molar-refractivity contribution in [1.82, 2.24) is 10.3 Å². The molecule has 0 aliphatic carbocycles. The van der Waals surface area contributed by atoms with Crippen molar-refractivity contribution in [2.24, 2.45) is 0 Å². The van der Waals surface area contributed by atoms with Crippen molar-refractivity contribution in [3.8, 4) is 5.75 Å². The van der Waals surface area contributed by atoms with Crippen LogP contribution < -0.4 is 10.1 Å². The number of pyridine rings is 1. The minimum Gasteiger partial charge on any atom is -0.491 e. The van der Waals surface area contributed by atoms with E-state index in [1.54, 1.807) is 13.8 Å². The SMILES string of the molecule is CCNCc1nc(C)ccc1OCCS(=O)(=O)C(C)C. The number of nitrogens with one attached hydrogen (secondary N) is 1. The summed E-state index contributed by atoms with van der Waals surface area (Å²) in [5, 5.41) is 2.82. The molecule has 0 unspecified atom stereocenters. The van der Waals surface area contributed by atoms with E-state index in [1.165, 1.54) is 0 Å². The van der Waals surface area contributed by atoms with Gasteiger partial charge < -0.3 is 10.1 Å². The number of hydrogen-bond donors (Lipinski definition) is 1. The Morgan fingerprint density at radius 3 is 2.65 bits per heavy atom. The predicted molar refractivity (Wildman–Crippen MR) is 80.8 cm³/mol. The van der Waals surface area contributed by atoms with Crippen molar-refractivity contribution in [2.45, 2.75) is 39.5 Å². The third kappa shape index (κ3) is 5.09. The molecule has 0 bridgehead atoms. The smallest absolute Gasteiger partial charge is 0.155 e. The van der Waals surface area contributed by atoms with Gasteiger partial charge in [0.15, 0.2) is 9.84 Å². The summed E-state index contributed by atoms with van der Waals surface area (Å²) in [5.74, 6) is 0.676. The fourth-order valence-corrected chi connectivity index (χ4v) is 2.39. The van der Waals surface area contributed by atoms with Crippen molar-refractivity contribution in [3.63, 3.8) is 0 Å². The van der Waals surface area contributed by atoms with Crippen LogP contribution in [-0.2, 0) is 16.4 Å². The molecule has 1 heterocycles. The maximum atomic E-state index is 11.7. The van der Waals surface area contributed by atoms with Gasteiger partial charge in [0.2, 0.25) is 0 Å². The number of nitrogens with zero attached hydrogens (tertiary/aromatic N) is 1. The van der Waals surface area contributed by atoms with Gasteiger partial charge in [-0.15, -0.1) is 0 Å². The molecule has 1 N–H and O–H groups in total. The fourth-order valence-electron chi connectivity index (χ4n) is 1.60. The van der Waals surface area contributed by atoms with Crippen LogP contribution >= 0.6 is 0 Å². The van der Waals surface area contributed by atoms with E-state index in [0.717, 1.165) is 17.9 Å². The molecule has 0 atom stereocenters. The highest BCUT2D eigenvalue weighted by Crippen LogP contribution is 2.17. The lowest BCUT2D eigenvalue weighted by Gasteiger charge is -2.13. The van der Waals surface area contributed by atoms with Crippen LogP contribution in [0.4, 0.5) is 0 Å². The Kier molecular flexibility index (Phi) is 6.42. The summed E-state index contributed by atoms with van der Waals surface area (Å²) in [4.78, 5) is 4.42. The second kappa shape index (κ2) is 7.59. The highest BCUT2D eigenvalue weighted by molar-refractivity contribution is 7.91. The Hall–Kier alpha value is -1.14. The number of aromatic nitrogens is 1. The molecule has 0 aliphatic heterocycles. The standard InChI is InChI=1S/C14H24N2O3S/c1-5-15-10-13-14(7-6-12(4)16-13)19-8-9-20(17,18)11(2)3/h6-7,11,15H,5,8-10H2,1-4H3. The summed E-state index contributed by atoms with van der Waals surface area (Å²) in [5.41, 5.74) is 1.73. The van der Waals surface area contributed by atoms with Crippen LogP contribution in [0.25, 0.3) is 0 Å². The van der Waals surface area contributed by atoms with Crippen LogP contribution in [0.15, 0.2) is 12.1 Å². The summed E-state index contributed by atoms with van der Waals surface area (Å²) in [6.45, 7) is 8.92. The van der Waals surface area contributed by atoms with Gasteiger partial charge in [-0.2, -0.15) is 0 Å². The van der Waals surface area contributed by atoms with Crippen LogP contribution in [0.1, 0.15) is 32.2 Å². The van der Waals surface area contributed by atoms with E-state index in [1.807, 2.05) is 26.0 Å². The average Bonchev–Trinajstić information content (AvgIpc) is 2.38. The number of sulfone groups is 1. The molecule has 0 amide bonds. The molecule has 0 saturated carbocycles. The fraction of sp³-hybridized carbons (Fsp3) is 0.643. The zero-order valence-corrected chi connectivity index (χ0v) is 13.5. The monoisotopic (exact) mass is 300 g/mol. The second-order valence-corrected chi connectivity index (χ2v) is 7.62. The minimum absolute atomic E-state index is 0.0270. The number of rotatable bonds is 8. The minimum atomic E-state index is -3.07. The molecular formula is C14H24N2O3S. The molecule has 0 aliphatic rings. The zero-order valence-electron chi connectivity index (χ0n) is 12.6. The van der Waals surface area contributed by atoms with Crippen molar-refractivity contribution in [1.29, 1.82) is 0 Å². The van der Waals surface area contributed by atoms with Crippen molar-refractivity contribution < 1.29 is 13.2 Å². The van der Waals surface area contributed by atoms with Crippen molar-refractivity contribution in [2.75, 3.05) is 18.9 Å². The highest BCUT2D eigenvalue weighted by Gasteiger charge is 2.16. The summed E-state index contributed by atoms with van der Waals surface area (Å²) in [6.07, 6.45) is 0. The second-order valence-electron chi connectivity index (χ2n) is 4.94. The molecule has 1 rings (SSSR count). The first-order valence-corrected chi connectivity index (χ1v) is 8.60. The zero-order chi connectivity index (χ0) is 15.2. The van der Waals surface area contributed by atoms with Gasteiger partial charge in [-0.25, -0.2) is 8.42 Å². The maximum Gasteiger partial charge on any atom is 0.155 e. The quantitative estimate of drug-likeness (QED) is 0.791. The molecule has 0 spiro atoms. The van der Waals surface area contributed by atoms with Crippen molar-refractivity contribution >= 4 is 9.84 Å². The summed E-state index contributed by atoms with van der Waals surface area (Å²) >= 11 is 0. The van der Waals surface area contributed by atoms with Crippen LogP contribution in [0.3, 0.4) is 0 Å². The molecule has 1 aromatic heterocycles. The van der Waals surface area contributed by atoms with Gasteiger partial charge in [0.1, 0.15) is 12.4 Å². The van der Waals surface area contributed by atoms with Crippen LogP contribution in [0.5, 0.6) is 5.75 Å². The van der Waals surface area contributed by atoms with Gasteiger partial charge in [0, 0.05) is 12.2 Å². The van der Waals surface area contributed by atoms with E-state index in [0.29, 0.717) is 12.3 Å². The highest BCUT2D eigenvalue weighted by atomic mass is 32.2. The van der Waals surface area contributed by atoms with E-state index in [2.05, 4.69) is 10.3 Å². The summed E-state index contributed by atoms with van der Waals surface area (Å²) in [6, 6.07) is 3.71. The molecule has 5 nitrogen and oxygen atoms in total. The van der Waals surface area contributed by atoms with Crippen LogP contribution in [-0.4, -0.2) is 37.6 Å². The Labute approximate surface area is 121 Å². The molecule has 20 heavy (non-hydrogen) atoms. The Bertz CT molecular complexity index is 527. The van der Waals surface area contributed by atoms with E-state index in [9.17, 15) is 8.42 Å². The Balaban J connectivity index is 2.68. The topological polar surface area (TPSA) is 68.3 Å². The van der Waals surface area contributed by atoms with Gasteiger partial charge >= 0.3 is 0 Å². The van der Waals surface area contributed by atoms with E-state index in [-0.39, 0.29) is 17.6 Å². The largest absolute Gasteiger partial charge is 0.491 e. The van der Waals surface area contributed by atoms with Gasteiger partial charge in [-0.05, 0) is 39.4 Å². The molecular weight excluding hydrogens is 276 g/mol. The van der Waals surface area contributed by atoms with Crippen LogP contribution in [0.2, 0.25) is 0 Å². The molecule has 0 fully saturated rings. The first kappa shape index (κ1) is 16.9. The number of hydrogen-bond acceptors (Lipinski definition) is 5. The maximum absolute atomic E-state index is 11.7. The van der Waals surface area contributed by atoms with Gasteiger partial charge in [0.05, 0.1) is 16.7 Å². The lowest BCUT2D eigenvalue weighted by atomic mass is 10.3. The van der Waals surface area contributed by atoms with E-state index >= 15 is 0 Å². The van der Waals surface area contributed by atoms with Crippen molar-refractivity contribution in [3.05, 3.63) is 23.5 Å². The molecule has 114 valence electrons. The number of aryl methyl sites for hydroxylation is 1. The molecule has 0 saturated heterocycles. The predicted octanol–water partition coefficient (Wildman–Crippen LogP) is 1.70. The molecule has 1 aromatic rings. The Morgan fingerprint density at radius 1 is 1.35 bits per heavy atom. The van der Waals surface area contributed by atoms with Gasteiger partial charge in [0.25, 0.3) is 0 Å². The lowest BCUT2D eigenvalue weighted by molar-refractivity contribution is 0.333. The van der Waals surface area contributed by atoms with Gasteiger partial charge in [-0.1, -0.05) is 6.92 Å².